The number of benzene rings is 2. The van der Waals surface area contributed by atoms with Crippen molar-refractivity contribution in [3.63, 3.8) is 0 Å². The van der Waals surface area contributed by atoms with E-state index in [2.05, 4.69) is 10.3 Å². The number of rotatable bonds is 7. The molecular formula is C21H19FN2O3. The summed E-state index contributed by atoms with van der Waals surface area (Å²) in [5, 5.41) is 2.83. The molecule has 0 fully saturated rings. The van der Waals surface area contributed by atoms with Crippen LogP contribution in [0.5, 0.6) is 11.5 Å². The molecule has 6 heteroatoms. The number of halogens is 1. The van der Waals surface area contributed by atoms with E-state index in [1.54, 1.807) is 55.6 Å². The molecule has 0 atom stereocenters. The Kier molecular flexibility index (Phi) is 6.12. The number of hydrogen-bond donors (Lipinski definition) is 1. The lowest BCUT2D eigenvalue weighted by Crippen LogP contribution is -2.23. The van der Waals surface area contributed by atoms with Crippen LogP contribution in [0.15, 0.2) is 66.9 Å². The highest BCUT2D eigenvalue weighted by Gasteiger charge is 2.08. The molecule has 5 nitrogen and oxygen atoms in total. The predicted molar refractivity (Wildman–Crippen MR) is 99.0 cm³/mol. The van der Waals surface area contributed by atoms with Crippen molar-refractivity contribution >= 4 is 5.91 Å². The van der Waals surface area contributed by atoms with Crippen molar-refractivity contribution in [1.82, 2.24) is 10.3 Å². The van der Waals surface area contributed by atoms with Crippen LogP contribution < -0.4 is 10.1 Å². The third-order valence-electron chi connectivity index (χ3n) is 3.80. The fourth-order valence-electron chi connectivity index (χ4n) is 2.45. The number of hydrogen-bond acceptors (Lipinski definition) is 4. The van der Waals surface area contributed by atoms with Gasteiger partial charge in [0.2, 0.25) is 0 Å². The first kappa shape index (κ1) is 18.5. The Labute approximate surface area is 156 Å². The molecule has 0 spiro atoms. The van der Waals surface area contributed by atoms with Gasteiger partial charge in [0.1, 0.15) is 5.75 Å². The number of aromatic nitrogens is 1. The number of nitrogens with zero attached hydrogens (tertiary/aromatic N) is 1. The van der Waals surface area contributed by atoms with Crippen LogP contribution in [0.4, 0.5) is 4.39 Å². The zero-order valence-corrected chi connectivity index (χ0v) is 14.8. The first-order valence-electron chi connectivity index (χ1n) is 8.39. The number of amides is 1. The number of methoxy groups -OCH3 is 1. The van der Waals surface area contributed by atoms with Gasteiger partial charge in [-0.05, 0) is 42.0 Å². The summed E-state index contributed by atoms with van der Waals surface area (Å²) >= 11 is 0. The van der Waals surface area contributed by atoms with Gasteiger partial charge in [-0.2, -0.15) is 0 Å². The average molecular weight is 366 g/mol. The van der Waals surface area contributed by atoms with Gasteiger partial charge in [-0.1, -0.05) is 24.3 Å². The molecule has 3 rings (SSSR count). The minimum Gasteiger partial charge on any atom is -0.454 e. The van der Waals surface area contributed by atoms with Gasteiger partial charge in [-0.25, -0.2) is 4.39 Å². The van der Waals surface area contributed by atoms with Crippen LogP contribution in [0, 0.1) is 5.82 Å². The van der Waals surface area contributed by atoms with E-state index >= 15 is 0 Å². The highest BCUT2D eigenvalue weighted by molar-refractivity contribution is 5.93. The minimum atomic E-state index is -0.430. The van der Waals surface area contributed by atoms with Crippen molar-refractivity contribution in [3.8, 4) is 11.5 Å². The number of carbonyl (C=O) groups excluding carboxylic acids is 1. The Morgan fingerprint density at radius 1 is 1.11 bits per heavy atom. The van der Waals surface area contributed by atoms with Crippen LogP contribution >= 0.6 is 0 Å². The molecule has 138 valence electrons. The van der Waals surface area contributed by atoms with E-state index < -0.39 is 5.82 Å². The average Bonchev–Trinajstić information content (AvgIpc) is 2.69. The van der Waals surface area contributed by atoms with Crippen LogP contribution in [0.25, 0.3) is 0 Å². The second-order valence-corrected chi connectivity index (χ2v) is 5.83. The Morgan fingerprint density at radius 2 is 1.96 bits per heavy atom. The number of carbonyl (C=O) groups is 1. The van der Waals surface area contributed by atoms with Gasteiger partial charge in [0, 0.05) is 19.9 Å². The summed E-state index contributed by atoms with van der Waals surface area (Å²) in [6.45, 7) is 0.712. The quantitative estimate of drug-likeness (QED) is 0.684. The molecule has 2 aromatic carbocycles. The van der Waals surface area contributed by atoms with Gasteiger partial charge >= 0.3 is 0 Å². The van der Waals surface area contributed by atoms with E-state index in [4.69, 9.17) is 9.47 Å². The van der Waals surface area contributed by atoms with Crippen LogP contribution in [0.1, 0.15) is 21.6 Å². The molecule has 1 heterocycles. The summed E-state index contributed by atoms with van der Waals surface area (Å²) < 4.78 is 24.3. The molecule has 0 aliphatic rings. The number of nitrogens with one attached hydrogen (secondary N) is 1. The van der Waals surface area contributed by atoms with Gasteiger partial charge < -0.3 is 14.8 Å². The maximum Gasteiger partial charge on any atom is 0.253 e. The molecule has 27 heavy (non-hydrogen) atoms. The van der Waals surface area contributed by atoms with Gasteiger partial charge in [0.25, 0.3) is 5.91 Å². The minimum absolute atomic E-state index is 0.154. The second-order valence-electron chi connectivity index (χ2n) is 5.83. The van der Waals surface area contributed by atoms with E-state index in [0.29, 0.717) is 24.5 Å². The SMILES string of the molecule is COCc1ccc(C(=O)NCc2cccc(Oc3ccccc3F)c2)cn1. The van der Waals surface area contributed by atoms with Crippen molar-refractivity contribution in [2.24, 2.45) is 0 Å². The number of ether oxygens (including phenoxy) is 2. The third-order valence-corrected chi connectivity index (χ3v) is 3.80. The maximum absolute atomic E-state index is 13.7. The standard InChI is InChI=1S/C21H19FN2O3/c1-26-14-17-10-9-16(13-23-17)21(25)24-12-15-5-4-6-18(11-15)27-20-8-3-2-7-19(20)22/h2-11,13H,12,14H2,1H3,(H,24,25). The lowest BCUT2D eigenvalue weighted by molar-refractivity contribution is 0.0950. The van der Waals surface area contributed by atoms with Crippen molar-refractivity contribution in [1.29, 1.82) is 0 Å². The third kappa shape index (κ3) is 5.12. The fourth-order valence-corrected chi connectivity index (χ4v) is 2.45. The summed E-state index contributed by atoms with van der Waals surface area (Å²) in [5.74, 6) is -0.00846. The summed E-state index contributed by atoms with van der Waals surface area (Å²) in [4.78, 5) is 16.4. The Bertz CT molecular complexity index is 913. The molecule has 0 unspecified atom stereocenters. The molecule has 0 bridgehead atoms. The Balaban J connectivity index is 1.61. The predicted octanol–water partition coefficient (Wildman–Crippen LogP) is 4.09. The zero-order chi connectivity index (χ0) is 19.1. The molecule has 0 saturated carbocycles. The van der Waals surface area contributed by atoms with Gasteiger partial charge in [0.15, 0.2) is 11.6 Å². The van der Waals surface area contributed by atoms with Crippen LogP contribution in [-0.2, 0) is 17.9 Å². The van der Waals surface area contributed by atoms with Gasteiger partial charge in [0.05, 0.1) is 17.9 Å². The highest BCUT2D eigenvalue weighted by atomic mass is 19.1. The second kappa shape index (κ2) is 8.91. The summed E-state index contributed by atoms with van der Waals surface area (Å²) in [6, 6.07) is 16.8. The molecule has 0 radical (unpaired) electrons. The van der Waals surface area contributed by atoms with Crippen molar-refractivity contribution in [2.45, 2.75) is 13.2 Å². The number of pyridine rings is 1. The molecule has 1 N–H and O–H groups in total. The summed E-state index contributed by atoms with van der Waals surface area (Å²) in [7, 11) is 1.59. The maximum atomic E-state index is 13.7. The molecule has 1 aromatic heterocycles. The molecular weight excluding hydrogens is 347 g/mol. The van der Waals surface area contributed by atoms with Gasteiger partial charge in [-0.15, -0.1) is 0 Å². The first-order valence-corrected chi connectivity index (χ1v) is 8.39. The van der Waals surface area contributed by atoms with E-state index in [1.807, 2.05) is 6.07 Å². The van der Waals surface area contributed by atoms with E-state index in [1.165, 1.54) is 12.3 Å². The van der Waals surface area contributed by atoms with E-state index in [-0.39, 0.29) is 11.7 Å². The van der Waals surface area contributed by atoms with Crippen LogP contribution in [0.2, 0.25) is 0 Å². The Morgan fingerprint density at radius 3 is 2.70 bits per heavy atom. The van der Waals surface area contributed by atoms with Crippen molar-refractivity contribution in [2.75, 3.05) is 7.11 Å². The number of para-hydroxylation sites is 1. The molecule has 0 aliphatic carbocycles. The van der Waals surface area contributed by atoms with Crippen LogP contribution in [0.3, 0.4) is 0 Å². The molecule has 1 amide bonds. The summed E-state index contributed by atoms with van der Waals surface area (Å²) in [6.07, 6.45) is 1.52. The van der Waals surface area contributed by atoms with Crippen molar-refractivity contribution in [3.05, 3.63) is 89.5 Å². The topological polar surface area (TPSA) is 60.5 Å². The monoisotopic (exact) mass is 366 g/mol. The lowest BCUT2D eigenvalue weighted by Gasteiger charge is -2.09. The van der Waals surface area contributed by atoms with Crippen LogP contribution in [-0.4, -0.2) is 18.0 Å². The summed E-state index contributed by atoms with van der Waals surface area (Å²) in [5.41, 5.74) is 2.06. The molecule has 0 saturated heterocycles. The normalized spacial score (nSPS) is 10.4. The lowest BCUT2D eigenvalue weighted by atomic mass is 10.2. The molecule has 3 aromatic rings. The molecule has 0 aliphatic heterocycles. The first-order chi connectivity index (χ1) is 13.2. The van der Waals surface area contributed by atoms with Crippen molar-refractivity contribution < 1.29 is 18.7 Å². The van der Waals surface area contributed by atoms with E-state index in [0.717, 1.165) is 11.3 Å². The zero-order valence-electron chi connectivity index (χ0n) is 14.8. The highest BCUT2D eigenvalue weighted by Crippen LogP contribution is 2.24. The fraction of sp³-hybridized carbons (Fsp3) is 0.143. The largest absolute Gasteiger partial charge is 0.454 e. The Hall–Kier alpha value is -3.25. The smallest absolute Gasteiger partial charge is 0.253 e. The van der Waals surface area contributed by atoms with Gasteiger partial charge in [-0.3, -0.25) is 9.78 Å². The van der Waals surface area contributed by atoms with E-state index in [9.17, 15) is 9.18 Å².